The zero-order valence-electron chi connectivity index (χ0n) is 14.8. The molecule has 1 unspecified atom stereocenters. The lowest BCUT2D eigenvalue weighted by Gasteiger charge is -2.32. The van der Waals surface area contributed by atoms with E-state index in [2.05, 4.69) is 25.4 Å². The molecule has 0 aliphatic carbocycles. The molecule has 1 aliphatic heterocycles. The van der Waals surface area contributed by atoms with Crippen molar-refractivity contribution < 1.29 is 4.79 Å². The Morgan fingerprint density at radius 3 is 3.00 bits per heavy atom. The summed E-state index contributed by atoms with van der Waals surface area (Å²) in [4.78, 5) is 19.0. The van der Waals surface area contributed by atoms with Crippen LogP contribution in [0.4, 0.5) is 5.95 Å². The van der Waals surface area contributed by atoms with Crippen molar-refractivity contribution in [2.45, 2.75) is 26.3 Å². The van der Waals surface area contributed by atoms with Gasteiger partial charge in [-0.3, -0.25) is 14.2 Å². The van der Waals surface area contributed by atoms with Crippen molar-refractivity contribution in [1.82, 2.24) is 24.9 Å². The fraction of sp³-hybridized carbons (Fsp3) is 0.368. The molecular weight excluding hydrogens is 328 g/mol. The Morgan fingerprint density at radius 2 is 2.15 bits per heavy atom. The third kappa shape index (κ3) is 3.24. The van der Waals surface area contributed by atoms with Gasteiger partial charge in [0.2, 0.25) is 11.9 Å². The Kier molecular flexibility index (Phi) is 4.51. The summed E-state index contributed by atoms with van der Waals surface area (Å²) in [6.07, 6.45) is 3.59. The maximum Gasteiger partial charge on any atom is 0.231 e. The van der Waals surface area contributed by atoms with Gasteiger partial charge in [0.1, 0.15) is 0 Å². The van der Waals surface area contributed by atoms with E-state index in [9.17, 15) is 4.79 Å². The third-order valence-electron chi connectivity index (χ3n) is 4.85. The zero-order chi connectivity index (χ0) is 17.9. The molecule has 4 heterocycles. The molecule has 4 rings (SSSR count). The van der Waals surface area contributed by atoms with Crippen molar-refractivity contribution in [2.75, 3.05) is 18.0 Å². The first kappa shape index (κ1) is 16.5. The molecule has 0 bridgehead atoms. The van der Waals surface area contributed by atoms with E-state index in [1.807, 2.05) is 47.7 Å². The second-order valence-electron chi connectivity index (χ2n) is 6.68. The van der Waals surface area contributed by atoms with Gasteiger partial charge in [0.25, 0.3) is 0 Å². The van der Waals surface area contributed by atoms with Gasteiger partial charge in [0, 0.05) is 25.0 Å². The average Bonchev–Trinajstić information content (AvgIpc) is 3.13. The average molecular weight is 350 g/mol. The van der Waals surface area contributed by atoms with Gasteiger partial charge in [0.05, 0.1) is 18.2 Å². The molecule has 1 amide bonds. The number of carbonyl (C=O) groups excluding carboxylic acids is 1. The number of aryl methyl sites for hydroxylation is 1. The number of nitrogens with zero attached hydrogens (tertiary/aromatic N) is 5. The summed E-state index contributed by atoms with van der Waals surface area (Å²) in [5.74, 6) is 0.843. The maximum atomic E-state index is 12.6. The summed E-state index contributed by atoms with van der Waals surface area (Å²) >= 11 is 0. The molecule has 1 atom stereocenters. The standard InChI is InChI=1S/C19H22N6O/c1-14-6-4-9-17-22-23-19(25(14)17)24-11-5-7-15(13-24)18(26)21-12-16-8-2-3-10-20-16/h2-4,6,8-10,15H,5,7,11-13H2,1H3,(H,21,26). The topological polar surface area (TPSA) is 75.4 Å². The Hall–Kier alpha value is -2.96. The summed E-state index contributed by atoms with van der Waals surface area (Å²) in [6, 6.07) is 11.7. The molecule has 1 fully saturated rings. The van der Waals surface area contributed by atoms with Crippen molar-refractivity contribution >= 4 is 17.5 Å². The van der Waals surface area contributed by atoms with Crippen LogP contribution in [0.5, 0.6) is 0 Å². The Bertz CT molecular complexity index is 907. The summed E-state index contributed by atoms with van der Waals surface area (Å²) in [5.41, 5.74) is 2.79. The van der Waals surface area contributed by atoms with Crippen LogP contribution in [0.1, 0.15) is 24.2 Å². The zero-order valence-corrected chi connectivity index (χ0v) is 14.8. The number of anilines is 1. The van der Waals surface area contributed by atoms with Gasteiger partial charge in [-0.2, -0.15) is 0 Å². The molecule has 0 saturated carbocycles. The molecule has 1 saturated heterocycles. The summed E-state index contributed by atoms with van der Waals surface area (Å²) in [5, 5.41) is 11.6. The van der Waals surface area contributed by atoms with Crippen LogP contribution in [-0.2, 0) is 11.3 Å². The summed E-state index contributed by atoms with van der Waals surface area (Å²) in [6.45, 7) is 4.05. The molecule has 0 radical (unpaired) electrons. The molecule has 134 valence electrons. The van der Waals surface area contributed by atoms with Crippen LogP contribution in [0.3, 0.4) is 0 Å². The van der Waals surface area contributed by atoms with Gasteiger partial charge in [-0.05, 0) is 44.0 Å². The number of amides is 1. The van der Waals surface area contributed by atoms with Crippen molar-refractivity contribution in [1.29, 1.82) is 0 Å². The first-order valence-electron chi connectivity index (χ1n) is 8.95. The van der Waals surface area contributed by atoms with Crippen LogP contribution in [0, 0.1) is 12.8 Å². The molecule has 7 nitrogen and oxygen atoms in total. The number of nitrogens with one attached hydrogen (secondary N) is 1. The van der Waals surface area contributed by atoms with Crippen LogP contribution < -0.4 is 10.2 Å². The van der Waals surface area contributed by atoms with Crippen molar-refractivity contribution in [3.8, 4) is 0 Å². The van der Waals surface area contributed by atoms with Crippen LogP contribution in [0.2, 0.25) is 0 Å². The van der Waals surface area contributed by atoms with Crippen LogP contribution in [0.15, 0.2) is 42.6 Å². The second kappa shape index (κ2) is 7.11. The monoisotopic (exact) mass is 350 g/mol. The Morgan fingerprint density at radius 1 is 1.23 bits per heavy atom. The summed E-state index contributed by atoms with van der Waals surface area (Å²) < 4.78 is 2.05. The molecule has 7 heteroatoms. The van der Waals surface area contributed by atoms with Gasteiger partial charge in [-0.1, -0.05) is 12.1 Å². The molecule has 3 aromatic rings. The van der Waals surface area contributed by atoms with E-state index >= 15 is 0 Å². The Balaban J connectivity index is 1.46. The molecule has 1 N–H and O–H groups in total. The number of pyridine rings is 2. The highest BCUT2D eigenvalue weighted by molar-refractivity contribution is 5.79. The molecule has 0 aromatic carbocycles. The smallest absolute Gasteiger partial charge is 0.231 e. The largest absolute Gasteiger partial charge is 0.350 e. The van der Waals surface area contributed by atoms with Crippen molar-refractivity contribution in [3.05, 3.63) is 54.0 Å². The first-order valence-corrected chi connectivity index (χ1v) is 8.95. The van der Waals surface area contributed by atoms with Gasteiger partial charge >= 0.3 is 0 Å². The number of hydrogen-bond donors (Lipinski definition) is 1. The van der Waals surface area contributed by atoms with Gasteiger partial charge in [-0.15, -0.1) is 10.2 Å². The van der Waals surface area contributed by atoms with Gasteiger partial charge in [0.15, 0.2) is 5.65 Å². The maximum absolute atomic E-state index is 12.6. The molecule has 3 aromatic heterocycles. The highest BCUT2D eigenvalue weighted by atomic mass is 16.1. The normalized spacial score (nSPS) is 17.4. The van der Waals surface area contributed by atoms with Crippen LogP contribution >= 0.6 is 0 Å². The van der Waals surface area contributed by atoms with E-state index in [4.69, 9.17) is 0 Å². The number of hydrogen-bond acceptors (Lipinski definition) is 5. The predicted molar refractivity (Wildman–Crippen MR) is 98.7 cm³/mol. The predicted octanol–water partition coefficient (Wildman–Crippen LogP) is 1.97. The quantitative estimate of drug-likeness (QED) is 0.778. The van der Waals surface area contributed by atoms with E-state index in [1.165, 1.54) is 0 Å². The van der Waals surface area contributed by atoms with Crippen molar-refractivity contribution in [3.63, 3.8) is 0 Å². The lowest BCUT2D eigenvalue weighted by molar-refractivity contribution is -0.125. The van der Waals surface area contributed by atoms with Crippen LogP contribution in [-0.4, -0.2) is 38.6 Å². The van der Waals surface area contributed by atoms with Gasteiger partial charge < -0.3 is 10.2 Å². The number of aromatic nitrogens is 4. The number of piperidine rings is 1. The number of carbonyl (C=O) groups is 1. The highest BCUT2D eigenvalue weighted by Gasteiger charge is 2.28. The minimum absolute atomic E-state index is 0.0520. The van der Waals surface area contributed by atoms with E-state index in [-0.39, 0.29) is 11.8 Å². The Labute approximate surface area is 152 Å². The van der Waals surface area contributed by atoms with Gasteiger partial charge in [-0.25, -0.2) is 0 Å². The van der Waals surface area contributed by atoms with Crippen LogP contribution in [0.25, 0.3) is 5.65 Å². The van der Waals surface area contributed by atoms with E-state index in [1.54, 1.807) is 6.20 Å². The lowest BCUT2D eigenvalue weighted by atomic mass is 9.97. The van der Waals surface area contributed by atoms with E-state index in [0.717, 1.165) is 42.4 Å². The van der Waals surface area contributed by atoms with E-state index < -0.39 is 0 Å². The fourth-order valence-electron chi connectivity index (χ4n) is 3.48. The molecule has 0 spiro atoms. The minimum atomic E-state index is -0.0520. The first-order chi connectivity index (χ1) is 12.7. The lowest BCUT2D eigenvalue weighted by Crippen LogP contribution is -2.43. The fourth-order valence-corrected chi connectivity index (χ4v) is 3.48. The molecule has 1 aliphatic rings. The minimum Gasteiger partial charge on any atom is -0.350 e. The third-order valence-corrected chi connectivity index (χ3v) is 4.85. The SMILES string of the molecule is Cc1cccc2nnc(N3CCCC(C(=O)NCc4ccccn4)C3)n12. The summed E-state index contributed by atoms with van der Waals surface area (Å²) in [7, 11) is 0. The number of fused-ring (bicyclic) bond motifs is 1. The highest BCUT2D eigenvalue weighted by Crippen LogP contribution is 2.23. The molecular formula is C19H22N6O. The number of rotatable bonds is 4. The molecule has 26 heavy (non-hydrogen) atoms. The van der Waals surface area contributed by atoms with E-state index in [0.29, 0.717) is 13.1 Å². The van der Waals surface area contributed by atoms with Crippen molar-refractivity contribution in [2.24, 2.45) is 5.92 Å². The second-order valence-corrected chi connectivity index (χ2v) is 6.68.